The average Bonchev–Trinajstić information content (AvgIpc) is 3.50. The molecule has 0 saturated carbocycles. The Morgan fingerprint density at radius 2 is 1.84 bits per heavy atom. The number of allylic oxidation sites excluding steroid dienone is 1. The van der Waals surface area contributed by atoms with Crippen LogP contribution in [0.2, 0.25) is 5.02 Å². The quantitative estimate of drug-likeness (QED) is 0.171. The number of halogens is 1. The summed E-state index contributed by atoms with van der Waals surface area (Å²) in [6, 6.07) is 22.8. The van der Waals surface area contributed by atoms with Crippen LogP contribution >= 0.6 is 22.9 Å². The Bertz CT molecular complexity index is 2140. The van der Waals surface area contributed by atoms with Crippen LogP contribution in [-0.2, 0) is 16.1 Å². The number of fused-ring (bicyclic) bond motifs is 2. The number of rotatable bonds is 9. The molecular formula is C36H34ClN3O4S. The summed E-state index contributed by atoms with van der Waals surface area (Å²) in [6.07, 6.45) is 3.32. The zero-order chi connectivity index (χ0) is 31.7. The molecule has 1 aliphatic heterocycles. The van der Waals surface area contributed by atoms with Crippen molar-refractivity contribution >= 4 is 45.9 Å². The largest absolute Gasteiger partial charge is 0.497 e. The minimum atomic E-state index is -0.707. The summed E-state index contributed by atoms with van der Waals surface area (Å²) < 4.78 is 15.4. The summed E-state index contributed by atoms with van der Waals surface area (Å²) in [6.45, 7) is 6.70. The van der Waals surface area contributed by atoms with Gasteiger partial charge in [0, 0.05) is 33.7 Å². The van der Waals surface area contributed by atoms with Gasteiger partial charge in [-0.15, -0.1) is 0 Å². The first kappa shape index (κ1) is 30.6. The van der Waals surface area contributed by atoms with E-state index in [-0.39, 0.29) is 12.2 Å². The number of hydrogen-bond donors (Lipinski definition) is 0. The van der Waals surface area contributed by atoms with Gasteiger partial charge in [0.25, 0.3) is 5.56 Å². The molecule has 0 amide bonds. The van der Waals surface area contributed by atoms with Crippen molar-refractivity contribution in [3.63, 3.8) is 0 Å². The first-order chi connectivity index (χ1) is 21.9. The number of nitrogens with zero attached hydrogens (tertiary/aromatic N) is 3. The molecule has 1 aliphatic rings. The summed E-state index contributed by atoms with van der Waals surface area (Å²) in [5.41, 5.74) is 5.61. The molecule has 0 spiro atoms. The number of aromatic nitrogens is 2. The maximum atomic E-state index is 14.4. The Labute approximate surface area is 270 Å². The highest BCUT2D eigenvalue weighted by atomic mass is 35.5. The molecule has 6 rings (SSSR count). The van der Waals surface area contributed by atoms with E-state index in [9.17, 15) is 9.59 Å². The molecule has 45 heavy (non-hydrogen) atoms. The highest BCUT2D eigenvalue weighted by molar-refractivity contribution is 7.07. The lowest BCUT2D eigenvalue weighted by Gasteiger charge is -2.26. The maximum absolute atomic E-state index is 14.4. The zero-order valence-corrected chi connectivity index (χ0v) is 27.2. The minimum Gasteiger partial charge on any atom is -0.497 e. The molecule has 0 N–H and O–H groups in total. The van der Waals surface area contributed by atoms with E-state index in [4.69, 9.17) is 26.1 Å². The molecule has 7 nitrogen and oxygen atoms in total. The first-order valence-corrected chi connectivity index (χ1v) is 16.2. The van der Waals surface area contributed by atoms with Gasteiger partial charge in [0.2, 0.25) is 0 Å². The molecule has 5 aromatic rings. The fourth-order valence-electron chi connectivity index (χ4n) is 6.02. The Morgan fingerprint density at radius 3 is 2.60 bits per heavy atom. The van der Waals surface area contributed by atoms with E-state index in [2.05, 4.69) is 23.6 Å². The third kappa shape index (κ3) is 5.64. The van der Waals surface area contributed by atoms with Gasteiger partial charge in [-0.1, -0.05) is 84.8 Å². The molecule has 2 aromatic heterocycles. The van der Waals surface area contributed by atoms with E-state index < -0.39 is 12.0 Å². The predicted octanol–water partition coefficient (Wildman–Crippen LogP) is 6.55. The van der Waals surface area contributed by atoms with Gasteiger partial charge in [0.1, 0.15) is 5.75 Å². The van der Waals surface area contributed by atoms with Gasteiger partial charge in [-0.2, -0.15) is 0 Å². The number of ether oxygens (including phenoxy) is 2. The molecule has 0 saturated heterocycles. The first-order valence-electron chi connectivity index (χ1n) is 15.0. The summed E-state index contributed by atoms with van der Waals surface area (Å²) in [5.74, 6) is 0.166. The number of carbonyl (C=O) groups excluding carboxylic acids is 1. The fraction of sp³-hybridized carbons (Fsp3) is 0.250. The van der Waals surface area contributed by atoms with Crippen molar-refractivity contribution in [1.82, 2.24) is 9.13 Å². The third-order valence-electron chi connectivity index (χ3n) is 8.14. The van der Waals surface area contributed by atoms with Crippen molar-refractivity contribution in [3.8, 4) is 5.75 Å². The Morgan fingerprint density at radius 1 is 1.07 bits per heavy atom. The van der Waals surface area contributed by atoms with E-state index in [1.54, 1.807) is 18.6 Å². The number of esters is 1. The lowest BCUT2D eigenvalue weighted by molar-refractivity contribution is -0.139. The number of hydrogen-bond acceptors (Lipinski definition) is 6. The summed E-state index contributed by atoms with van der Waals surface area (Å²) in [7, 11) is 1.60. The van der Waals surface area contributed by atoms with Crippen LogP contribution in [0.4, 0.5) is 0 Å². The van der Waals surface area contributed by atoms with E-state index in [1.165, 1.54) is 11.3 Å². The van der Waals surface area contributed by atoms with Crippen molar-refractivity contribution in [2.45, 2.75) is 46.2 Å². The molecule has 0 radical (unpaired) electrons. The third-order valence-corrected chi connectivity index (χ3v) is 9.49. The van der Waals surface area contributed by atoms with Crippen LogP contribution in [0.3, 0.4) is 0 Å². The van der Waals surface area contributed by atoms with Crippen LogP contribution in [-0.4, -0.2) is 28.8 Å². The monoisotopic (exact) mass is 639 g/mol. The normalized spacial score (nSPS) is 14.9. The van der Waals surface area contributed by atoms with Crippen molar-refractivity contribution in [3.05, 3.63) is 131 Å². The predicted molar refractivity (Wildman–Crippen MR) is 180 cm³/mol. The number of thiazole rings is 1. The van der Waals surface area contributed by atoms with Gasteiger partial charge in [0.15, 0.2) is 4.80 Å². The molecule has 0 fully saturated rings. The smallest absolute Gasteiger partial charge is 0.338 e. The highest BCUT2D eigenvalue weighted by Crippen LogP contribution is 2.34. The Balaban J connectivity index is 1.58. The highest BCUT2D eigenvalue weighted by Gasteiger charge is 2.34. The van der Waals surface area contributed by atoms with Crippen molar-refractivity contribution in [1.29, 1.82) is 0 Å². The van der Waals surface area contributed by atoms with E-state index in [1.807, 2.05) is 73.7 Å². The molecule has 1 atom stereocenters. The lowest BCUT2D eigenvalue weighted by atomic mass is 9.94. The molecule has 0 bridgehead atoms. The molecule has 230 valence electrons. The molecule has 3 heterocycles. The lowest BCUT2D eigenvalue weighted by Crippen LogP contribution is -2.40. The fourth-order valence-corrected chi connectivity index (χ4v) is 7.22. The molecule has 9 heteroatoms. The van der Waals surface area contributed by atoms with Crippen LogP contribution in [0, 0.1) is 6.92 Å². The van der Waals surface area contributed by atoms with E-state index in [0.29, 0.717) is 44.3 Å². The van der Waals surface area contributed by atoms with Gasteiger partial charge in [-0.05, 0) is 61.7 Å². The number of benzene rings is 3. The number of carbonyl (C=O) groups is 1. The molecular weight excluding hydrogens is 606 g/mol. The van der Waals surface area contributed by atoms with Gasteiger partial charge in [-0.3, -0.25) is 9.36 Å². The van der Waals surface area contributed by atoms with Crippen molar-refractivity contribution in [2.24, 2.45) is 4.99 Å². The Hall–Kier alpha value is -4.40. The second-order valence-electron chi connectivity index (χ2n) is 10.9. The second-order valence-corrected chi connectivity index (χ2v) is 12.3. The zero-order valence-electron chi connectivity index (χ0n) is 25.7. The summed E-state index contributed by atoms with van der Waals surface area (Å²) in [4.78, 5) is 33.3. The molecule has 0 aliphatic carbocycles. The number of para-hydroxylation sites is 1. The van der Waals surface area contributed by atoms with Crippen LogP contribution in [0.1, 0.15) is 55.1 Å². The maximum Gasteiger partial charge on any atom is 0.338 e. The van der Waals surface area contributed by atoms with Crippen LogP contribution in [0.15, 0.2) is 93.9 Å². The molecule has 0 unspecified atom stereocenters. The number of methoxy groups -OCH3 is 1. The van der Waals surface area contributed by atoms with Crippen molar-refractivity contribution in [2.75, 3.05) is 13.7 Å². The summed E-state index contributed by atoms with van der Waals surface area (Å²) >= 11 is 7.88. The van der Waals surface area contributed by atoms with Crippen molar-refractivity contribution < 1.29 is 14.3 Å². The van der Waals surface area contributed by atoms with Crippen LogP contribution in [0.5, 0.6) is 5.75 Å². The Kier molecular flexibility index (Phi) is 8.79. The van der Waals surface area contributed by atoms with Gasteiger partial charge in [0.05, 0.1) is 35.6 Å². The molecule has 3 aromatic carbocycles. The van der Waals surface area contributed by atoms with E-state index in [0.717, 1.165) is 39.7 Å². The van der Waals surface area contributed by atoms with Gasteiger partial charge in [-0.25, -0.2) is 9.79 Å². The van der Waals surface area contributed by atoms with Gasteiger partial charge < -0.3 is 14.0 Å². The topological polar surface area (TPSA) is 74.8 Å². The van der Waals surface area contributed by atoms with Crippen LogP contribution in [0.25, 0.3) is 17.0 Å². The SMILES string of the molecule is CCCC1=C(C(=O)OCC)[C@@H](c2cccc(OC)c2)n2c(s/c(=C\c3c(C)n(Cc4ccccc4Cl)c4ccccc34)c2=O)=N1. The van der Waals surface area contributed by atoms with E-state index >= 15 is 0 Å². The van der Waals surface area contributed by atoms with Gasteiger partial charge >= 0.3 is 5.97 Å². The standard InChI is InChI=1S/C36H34ClN3O4S/c1-5-12-29-32(35(42)44-6-2)33(23-14-11-15-25(19-23)43-4)40-34(41)31(45-36(40)38-29)20-27-22(3)39(30-18-10-8-16-26(27)30)21-24-13-7-9-17-28(24)37/h7-11,13-20,33H,5-6,12,21H2,1-4H3/b31-20-/t33-/m1/s1. The minimum absolute atomic E-state index is 0.216. The summed E-state index contributed by atoms with van der Waals surface area (Å²) in [5, 5.41) is 1.75. The van der Waals surface area contributed by atoms with Crippen LogP contribution < -0.4 is 19.6 Å². The second kappa shape index (κ2) is 12.9. The average molecular weight is 640 g/mol.